The summed E-state index contributed by atoms with van der Waals surface area (Å²) in [5, 5.41) is 0. The van der Waals surface area contributed by atoms with Gasteiger partial charge in [0.25, 0.3) is 0 Å². The Bertz CT molecular complexity index is 893. The summed E-state index contributed by atoms with van der Waals surface area (Å²) in [6.45, 7) is 7.14. The molecule has 0 saturated heterocycles. The zero-order chi connectivity index (χ0) is 23.9. The first-order chi connectivity index (χ1) is 14.5. The second-order valence-electron chi connectivity index (χ2n) is 7.10. The fraction of sp³-hybridized carbons (Fsp3) is 0.292. The molecule has 0 aliphatic carbocycles. The van der Waals surface area contributed by atoms with Gasteiger partial charge in [0.1, 0.15) is 6.29 Å². The Morgan fingerprint density at radius 3 is 1.61 bits per heavy atom. The smallest absolute Gasteiger partial charge is 0.330 e. The second-order valence-corrected chi connectivity index (χ2v) is 10.6. The van der Waals surface area contributed by atoms with Crippen LogP contribution in [0.3, 0.4) is 0 Å². The predicted octanol–water partition coefficient (Wildman–Crippen LogP) is 4.77. The fourth-order valence-corrected chi connectivity index (χ4v) is 2.68. The average molecular weight is 446 g/mol. The van der Waals surface area contributed by atoms with Gasteiger partial charge >= 0.3 is 11.9 Å². The maximum Gasteiger partial charge on any atom is 0.330 e. The van der Waals surface area contributed by atoms with Gasteiger partial charge in [0.15, 0.2) is 0 Å². The lowest BCUT2D eigenvalue weighted by Crippen LogP contribution is -2.05. The van der Waals surface area contributed by atoms with Crippen molar-refractivity contribution in [1.82, 2.24) is 0 Å². The van der Waals surface area contributed by atoms with Crippen LogP contribution >= 0.6 is 7.14 Å². The number of hydrogen-bond acceptors (Lipinski definition) is 6. The minimum Gasteiger partial charge on any atom is -0.469 e. The summed E-state index contributed by atoms with van der Waals surface area (Å²) >= 11 is 0. The van der Waals surface area contributed by atoms with E-state index < -0.39 is 13.1 Å². The summed E-state index contributed by atoms with van der Waals surface area (Å²) in [6, 6.07) is 15.4. The minimum absolute atomic E-state index is 0.0451. The molecule has 0 aliphatic heterocycles. The topological polar surface area (TPSA) is 86.7 Å². The van der Waals surface area contributed by atoms with Crippen LogP contribution in [0.25, 0.3) is 6.08 Å². The Balaban J connectivity index is 0.000000448. The minimum atomic E-state index is -2.21. The molecule has 2 aromatic carbocycles. The van der Waals surface area contributed by atoms with Crippen LogP contribution in [0.2, 0.25) is 0 Å². The Morgan fingerprint density at radius 1 is 0.839 bits per heavy atom. The molecule has 0 atom stereocenters. The van der Waals surface area contributed by atoms with Gasteiger partial charge in [-0.2, -0.15) is 0 Å². The molecule has 7 heteroatoms. The summed E-state index contributed by atoms with van der Waals surface area (Å²) in [6.07, 6.45) is 4.03. The molecule has 2 aromatic rings. The lowest BCUT2D eigenvalue weighted by Gasteiger charge is -2.02. The zero-order valence-corrected chi connectivity index (χ0v) is 19.8. The molecule has 0 amide bonds. The number of ether oxygens (including phenoxy) is 2. The molecule has 0 radical (unpaired) electrons. The molecule has 2 rings (SSSR count). The number of benzene rings is 2. The van der Waals surface area contributed by atoms with Crippen LogP contribution in [0.4, 0.5) is 0 Å². The highest BCUT2D eigenvalue weighted by molar-refractivity contribution is 7.63. The van der Waals surface area contributed by atoms with Crippen LogP contribution in [0.15, 0.2) is 54.6 Å². The van der Waals surface area contributed by atoms with Crippen molar-refractivity contribution in [3.8, 4) is 0 Å². The molecule has 0 heterocycles. The van der Waals surface area contributed by atoms with Gasteiger partial charge in [-0.15, -0.1) is 0 Å². The first-order valence-electron chi connectivity index (χ1n) is 9.46. The van der Waals surface area contributed by atoms with E-state index in [1.807, 2.05) is 62.4 Å². The van der Waals surface area contributed by atoms with Crippen LogP contribution in [-0.2, 0) is 23.6 Å². The number of methoxy groups -OCH3 is 2. The Labute approximate surface area is 184 Å². The molecule has 0 fully saturated rings. The molecule has 6 nitrogen and oxygen atoms in total. The van der Waals surface area contributed by atoms with E-state index in [1.54, 1.807) is 19.4 Å². The lowest BCUT2D eigenvalue weighted by molar-refractivity contribution is -0.137. The number of carbonyl (C=O) groups excluding carboxylic acids is 3. The van der Waals surface area contributed by atoms with Crippen molar-refractivity contribution < 1.29 is 28.4 Å². The first kappa shape index (κ1) is 28.0. The zero-order valence-electron chi connectivity index (χ0n) is 19.0. The molecule has 0 aromatic heterocycles. The van der Waals surface area contributed by atoms with E-state index in [-0.39, 0.29) is 12.1 Å². The van der Waals surface area contributed by atoms with Crippen molar-refractivity contribution in [1.29, 1.82) is 0 Å². The van der Waals surface area contributed by atoms with Crippen molar-refractivity contribution in [2.75, 3.05) is 33.7 Å². The maximum atomic E-state index is 10.9. The Hall–Kier alpha value is -2.98. The summed E-state index contributed by atoms with van der Waals surface area (Å²) < 4.78 is 19.7. The number of esters is 2. The molecular formula is C24H31O6P. The normalized spacial score (nSPS) is 10.1. The highest BCUT2D eigenvalue weighted by Crippen LogP contribution is 2.35. The summed E-state index contributed by atoms with van der Waals surface area (Å²) in [4.78, 5) is 31.3. The molecule has 168 valence electrons. The van der Waals surface area contributed by atoms with Crippen LogP contribution in [0, 0.1) is 13.8 Å². The van der Waals surface area contributed by atoms with Crippen LogP contribution in [-0.4, -0.2) is 51.9 Å². The van der Waals surface area contributed by atoms with E-state index in [0.717, 1.165) is 17.4 Å². The highest BCUT2D eigenvalue weighted by atomic mass is 31.2. The van der Waals surface area contributed by atoms with Gasteiger partial charge in [-0.25, -0.2) is 4.79 Å². The van der Waals surface area contributed by atoms with Crippen LogP contribution in [0.5, 0.6) is 0 Å². The number of aldehydes is 1. The van der Waals surface area contributed by atoms with Crippen molar-refractivity contribution in [3.05, 3.63) is 76.9 Å². The van der Waals surface area contributed by atoms with E-state index in [4.69, 9.17) is 0 Å². The van der Waals surface area contributed by atoms with Crippen molar-refractivity contribution in [2.45, 2.75) is 13.8 Å². The van der Waals surface area contributed by atoms with E-state index in [1.165, 1.54) is 31.4 Å². The lowest BCUT2D eigenvalue weighted by atomic mass is 10.1. The number of carbonyl (C=O) groups is 3. The molecule has 0 bridgehead atoms. The van der Waals surface area contributed by atoms with E-state index in [2.05, 4.69) is 9.47 Å². The average Bonchev–Trinajstić information content (AvgIpc) is 2.73. The monoisotopic (exact) mass is 446 g/mol. The number of rotatable bonds is 5. The second kappa shape index (κ2) is 14.9. The van der Waals surface area contributed by atoms with E-state index in [9.17, 15) is 18.9 Å². The molecule has 0 saturated carbocycles. The summed E-state index contributed by atoms with van der Waals surface area (Å²) in [5.41, 5.74) is 4.12. The quantitative estimate of drug-likeness (QED) is 0.285. The van der Waals surface area contributed by atoms with Gasteiger partial charge in [-0.1, -0.05) is 59.7 Å². The highest BCUT2D eigenvalue weighted by Gasteiger charge is 2.13. The van der Waals surface area contributed by atoms with Gasteiger partial charge in [0.05, 0.1) is 27.5 Å². The molecule has 0 spiro atoms. The molecule has 0 unspecified atom stereocenters. The first-order valence-corrected chi connectivity index (χ1v) is 12.2. The van der Waals surface area contributed by atoms with Crippen molar-refractivity contribution in [2.24, 2.45) is 0 Å². The largest absolute Gasteiger partial charge is 0.469 e. The third-order valence-electron chi connectivity index (χ3n) is 3.64. The number of hydrogen-bond donors (Lipinski definition) is 0. The van der Waals surface area contributed by atoms with Gasteiger partial charge in [-0.05, 0) is 38.8 Å². The third-order valence-corrected chi connectivity index (χ3v) is 4.66. The van der Waals surface area contributed by atoms with E-state index >= 15 is 0 Å². The van der Waals surface area contributed by atoms with Gasteiger partial charge < -0.3 is 14.0 Å². The predicted molar refractivity (Wildman–Crippen MR) is 125 cm³/mol. The molecule has 0 aliphatic rings. The number of aryl methyl sites for hydroxylation is 2. The molecule has 0 N–H and O–H groups in total. The van der Waals surface area contributed by atoms with Crippen molar-refractivity contribution in [3.63, 3.8) is 0 Å². The van der Waals surface area contributed by atoms with Crippen LogP contribution in [0.1, 0.15) is 27.0 Å². The van der Waals surface area contributed by atoms with Gasteiger partial charge in [0, 0.05) is 11.6 Å². The van der Waals surface area contributed by atoms with E-state index in [0.29, 0.717) is 0 Å². The maximum absolute atomic E-state index is 10.9. The van der Waals surface area contributed by atoms with Crippen LogP contribution < -0.4 is 0 Å². The summed E-state index contributed by atoms with van der Waals surface area (Å²) in [5.74, 6) is -0.732. The third kappa shape index (κ3) is 15.5. The molecular weight excluding hydrogens is 415 g/mol. The van der Waals surface area contributed by atoms with Gasteiger partial charge in [0.2, 0.25) is 0 Å². The summed E-state index contributed by atoms with van der Waals surface area (Å²) in [7, 11) is 0.440. The van der Waals surface area contributed by atoms with Gasteiger partial charge in [-0.3, -0.25) is 9.59 Å². The SMILES string of the molecule is COC(=O)/C=C/c1ccc(C)cc1.COC(=O)CP(C)(C)=O.Cc1ccc(C=O)cc1. The fourth-order valence-electron chi connectivity index (χ4n) is 1.93. The Morgan fingerprint density at radius 2 is 1.29 bits per heavy atom. The Kier molecular flexibility index (Phi) is 13.5. The van der Waals surface area contributed by atoms with Crippen molar-refractivity contribution >= 4 is 31.4 Å². The standard InChI is InChI=1S/C11H12O2.C8H8O.C5H11O3P/c1-9-3-5-10(6-4-9)7-8-11(12)13-2;1-7-2-4-8(6-9)5-3-7;1-8-5(6)4-9(2,3)7/h3-8H,1-2H3;2-6H,1H3;4H2,1-3H3/b8-7+;;. The molecule has 31 heavy (non-hydrogen) atoms.